The van der Waals surface area contributed by atoms with Crippen LogP contribution in [0.5, 0.6) is 0 Å². The summed E-state index contributed by atoms with van der Waals surface area (Å²) in [5.41, 5.74) is 2.57. The maximum absolute atomic E-state index is 12.1. The second kappa shape index (κ2) is 5.57. The van der Waals surface area contributed by atoms with Gasteiger partial charge >= 0.3 is 5.97 Å². The second-order valence-corrected chi connectivity index (χ2v) is 4.47. The Bertz CT molecular complexity index is 668. The Morgan fingerprint density at radius 3 is 2.60 bits per heavy atom. The number of esters is 1. The van der Waals surface area contributed by atoms with E-state index >= 15 is 0 Å². The first-order valence-corrected chi connectivity index (χ1v) is 6.27. The summed E-state index contributed by atoms with van der Waals surface area (Å²) in [6.07, 6.45) is -0.777. The molecule has 1 unspecified atom stereocenters. The van der Waals surface area contributed by atoms with Gasteiger partial charge in [-0.1, -0.05) is 18.2 Å². The molecule has 0 fully saturated rings. The number of carbonyl (C=O) groups excluding carboxylic acids is 1. The minimum absolute atomic E-state index is 0.413. The van der Waals surface area contributed by atoms with Crippen LogP contribution in [-0.4, -0.2) is 21.9 Å². The number of benzene rings is 1. The van der Waals surface area contributed by atoms with Gasteiger partial charge in [0.25, 0.3) is 0 Å². The van der Waals surface area contributed by atoms with Gasteiger partial charge in [-0.3, -0.25) is 0 Å². The van der Waals surface area contributed by atoms with Gasteiger partial charge in [-0.15, -0.1) is 0 Å². The van der Waals surface area contributed by atoms with Crippen LogP contribution in [0.4, 0.5) is 0 Å². The number of aromatic nitrogens is 2. The Hall–Kier alpha value is -2.61. The van der Waals surface area contributed by atoms with Gasteiger partial charge in [0.15, 0.2) is 6.10 Å². The lowest BCUT2D eigenvalue weighted by atomic mass is 10.2. The molecule has 2 aromatic rings. The second-order valence-electron chi connectivity index (χ2n) is 4.47. The fourth-order valence-corrected chi connectivity index (χ4v) is 2.00. The predicted octanol–water partition coefficient (Wildman–Crippen LogP) is 2.56. The molecule has 0 aliphatic rings. The number of hydrogen-bond donors (Lipinski definition) is 0. The standard InChI is InChI=1S/C15H15N3O2/c1-10(9-16)20-15(19)14-11(2)17-18(12(14)3)13-7-5-4-6-8-13/h4-8,10H,1-3H3. The van der Waals surface area contributed by atoms with Crippen LogP contribution in [0.1, 0.15) is 28.7 Å². The van der Waals surface area contributed by atoms with Crippen molar-refractivity contribution >= 4 is 5.97 Å². The van der Waals surface area contributed by atoms with E-state index in [-0.39, 0.29) is 0 Å². The van der Waals surface area contributed by atoms with E-state index in [4.69, 9.17) is 10.00 Å². The molecule has 2 rings (SSSR count). The van der Waals surface area contributed by atoms with Crippen molar-refractivity contribution in [1.29, 1.82) is 5.26 Å². The summed E-state index contributed by atoms with van der Waals surface area (Å²) in [6.45, 7) is 5.09. The summed E-state index contributed by atoms with van der Waals surface area (Å²) in [5.74, 6) is -0.517. The van der Waals surface area contributed by atoms with Gasteiger partial charge in [0.05, 0.1) is 17.1 Å². The Morgan fingerprint density at radius 1 is 1.35 bits per heavy atom. The van der Waals surface area contributed by atoms with Gasteiger partial charge < -0.3 is 4.74 Å². The van der Waals surface area contributed by atoms with Gasteiger partial charge in [0.1, 0.15) is 11.6 Å². The van der Waals surface area contributed by atoms with Crippen molar-refractivity contribution in [3.63, 3.8) is 0 Å². The number of rotatable bonds is 3. The Labute approximate surface area is 117 Å². The number of para-hydroxylation sites is 1. The van der Waals surface area contributed by atoms with E-state index in [1.165, 1.54) is 6.92 Å². The summed E-state index contributed by atoms with van der Waals surface area (Å²) < 4.78 is 6.74. The van der Waals surface area contributed by atoms with Gasteiger partial charge in [-0.25, -0.2) is 9.48 Å². The molecule has 1 aromatic heterocycles. The first-order chi connectivity index (χ1) is 9.54. The highest BCUT2D eigenvalue weighted by atomic mass is 16.5. The predicted molar refractivity (Wildman–Crippen MR) is 73.5 cm³/mol. The van der Waals surface area contributed by atoms with Crippen LogP contribution < -0.4 is 0 Å². The molecule has 1 heterocycles. The molecule has 1 atom stereocenters. The van der Waals surface area contributed by atoms with E-state index < -0.39 is 12.1 Å². The summed E-state index contributed by atoms with van der Waals surface area (Å²) in [4.78, 5) is 12.1. The number of hydrogen-bond acceptors (Lipinski definition) is 4. The summed E-state index contributed by atoms with van der Waals surface area (Å²) in [5, 5.41) is 13.1. The summed E-state index contributed by atoms with van der Waals surface area (Å²) in [6, 6.07) is 11.4. The average molecular weight is 269 g/mol. The molecule has 5 heteroatoms. The highest BCUT2D eigenvalue weighted by Gasteiger charge is 2.22. The van der Waals surface area contributed by atoms with Crippen molar-refractivity contribution in [2.45, 2.75) is 26.9 Å². The number of nitriles is 1. The topological polar surface area (TPSA) is 67.9 Å². The van der Waals surface area contributed by atoms with Crippen molar-refractivity contribution in [3.8, 4) is 11.8 Å². The van der Waals surface area contributed by atoms with E-state index in [9.17, 15) is 4.79 Å². The molecule has 0 spiro atoms. The first-order valence-electron chi connectivity index (χ1n) is 6.27. The molecule has 0 radical (unpaired) electrons. The average Bonchev–Trinajstić information content (AvgIpc) is 2.74. The summed E-state index contributed by atoms with van der Waals surface area (Å²) in [7, 11) is 0. The van der Waals surface area contributed by atoms with Crippen molar-refractivity contribution in [2.75, 3.05) is 0 Å². The van der Waals surface area contributed by atoms with Gasteiger partial charge in [-0.2, -0.15) is 10.4 Å². The lowest BCUT2D eigenvalue weighted by molar-refractivity contribution is 0.0434. The molecular weight excluding hydrogens is 254 g/mol. The molecule has 102 valence electrons. The van der Waals surface area contributed by atoms with Crippen LogP contribution >= 0.6 is 0 Å². The van der Waals surface area contributed by atoms with Gasteiger partial charge in [-0.05, 0) is 32.9 Å². The van der Waals surface area contributed by atoms with Crippen LogP contribution in [0.3, 0.4) is 0 Å². The highest BCUT2D eigenvalue weighted by Crippen LogP contribution is 2.19. The third kappa shape index (κ3) is 2.54. The molecule has 0 saturated heterocycles. The molecule has 0 amide bonds. The molecule has 0 saturated carbocycles. The van der Waals surface area contributed by atoms with E-state index in [1.54, 1.807) is 18.5 Å². The number of carbonyl (C=O) groups is 1. The van der Waals surface area contributed by atoms with Crippen LogP contribution in [-0.2, 0) is 4.74 Å². The molecular formula is C15H15N3O2. The molecule has 1 aromatic carbocycles. The maximum Gasteiger partial charge on any atom is 0.343 e. The number of nitrogens with zero attached hydrogens (tertiary/aromatic N) is 3. The molecule has 0 bridgehead atoms. The Morgan fingerprint density at radius 2 is 2.00 bits per heavy atom. The van der Waals surface area contributed by atoms with Crippen LogP contribution in [0, 0.1) is 25.2 Å². The van der Waals surface area contributed by atoms with Crippen molar-refractivity contribution in [3.05, 3.63) is 47.3 Å². The molecule has 0 aliphatic carbocycles. The number of ether oxygens (including phenoxy) is 1. The van der Waals surface area contributed by atoms with Crippen molar-refractivity contribution < 1.29 is 9.53 Å². The van der Waals surface area contributed by atoms with Crippen LogP contribution in [0.25, 0.3) is 5.69 Å². The monoisotopic (exact) mass is 269 g/mol. The highest BCUT2D eigenvalue weighted by molar-refractivity contribution is 5.92. The van der Waals surface area contributed by atoms with Crippen LogP contribution in [0.2, 0.25) is 0 Å². The summed E-state index contributed by atoms with van der Waals surface area (Å²) >= 11 is 0. The van der Waals surface area contributed by atoms with E-state index in [0.717, 1.165) is 5.69 Å². The maximum atomic E-state index is 12.1. The molecule has 5 nitrogen and oxygen atoms in total. The fraction of sp³-hybridized carbons (Fsp3) is 0.267. The first kappa shape index (κ1) is 13.8. The van der Waals surface area contributed by atoms with E-state index in [0.29, 0.717) is 17.0 Å². The zero-order chi connectivity index (χ0) is 14.7. The third-order valence-electron chi connectivity index (χ3n) is 2.96. The van der Waals surface area contributed by atoms with E-state index in [1.807, 2.05) is 36.4 Å². The number of aryl methyl sites for hydroxylation is 1. The zero-order valence-corrected chi connectivity index (χ0v) is 11.6. The normalized spacial score (nSPS) is 11.7. The molecule has 0 aliphatic heterocycles. The fourth-order valence-electron chi connectivity index (χ4n) is 2.00. The van der Waals surface area contributed by atoms with Crippen molar-refractivity contribution in [2.24, 2.45) is 0 Å². The van der Waals surface area contributed by atoms with Gasteiger partial charge in [0.2, 0.25) is 0 Å². The lowest BCUT2D eigenvalue weighted by Gasteiger charge is -2.07. The lowest BCUT2D eigenvalue weighted by Crippen LogP contribution is -2.14. The van der Waals surface area contributed by atoms with Crippen molar-refractivity contribution in [1.82, 2.24) is 9.78 Å². The largest absolute Gasteiger partial charge is 0.444 e. The van der Waals surface area contributed by atoms with Gasteiger partial charge in [0, 0.05) is 0 Å². The SMILES string of the molecule is Cc1nn(-c2ccccc2)c(C)c1C(=O)OC(C)C#N. The quantitative estimate of drug-likeness (QED) is 0.803. The Kier molecular flexibility index (Phi) is 3.85. The Balaban J connectivity index is 2.40. The zero-order valence-electron chi connectivity index (χ0n) is 11.6. The minimum Gasteiger partial charge on any atom is -0.444 e. The third-order valence-corrected chi connectivity index (χ3v) is 2.96. The van der Waals surface area contributed by atoms with Crippen LogP contribution in [0.15, 0.2) is 30.3 Å². The smallest absolute Gasteiger partial charge is 0.343 e. The molecule has 20 heavy (non-hydrogen) atoms. The van der Waals surface area contributed by atoms with E-state index in [2.05, 4.69) is 5.10 Å². The molecule has 0 N–H and O–H groups in total. The minimum atomic E-state index is -0.777.